The summed E-state index contributed by atoms with van der Waals surface area (Å²) < 4.78 is 22.6. The first kappa shape index (κ1) is 17.7. The van der Waals surface area contributed by atoms with Gasteiger partial charge in [-0.25, -0.2) is 0 Å². The molecule has 0 amide bonds. The number of methoxy groups -OCH3 is 1. The summed E-state index contributed by atoms with van der Waals surface area (Å²) in [5.74, 6) is 2.79. The Hall–Kier alpha value is -2.11. The average Bonchev–Trinajstić information content (AvgIpc) is 2.63. The van der Waals surface area contributed by atoms with Crippen LogP contribution in [0, 0.1) is 0 Å². The van der Waals surface area contributed by atoms with Gasteiger partial charge >= 0.3 is 0 Å². The summed E-state index contributed by atoms with van der Waals surface area (Å²) in [6.07, 6.45) is -0.0324. The summed E-state index contributed by atoms with van der Waals surface area (Å²) >= 11 is 6.30. The standard InChI is InChI=1S/C19H22ClNO4/c1-3-23-19-15(20)8-13(9-18(19)22-2)10-21-11-14-12-24-16-6-4-5-7-17(16)25-14/h4-9,14,21H,3,10-12H2,1-2H3/t14-/m0/s1. The zero-order valence-corrected chi connectivity index (χ0v) is 15.1. The maximum absolute atomic E-state index is 6.30. The molecule has 0 saturated heterocycles. The highest BCUT2D eigenvalue weighted by molar-refractivity contribution is 6.32. The Kier molecular flexibility index (Phi) is 5.89. The number of para-hydroxylation sites is 2. The molecule has 1 heterocycles. The van der Waals surface area contributed by atoms with Crippen molar-refractivity contribution in [2.24, 2.45) is 0 Å². The van der Waals surface area contributed by atoms with E-state index in [-0.39, 0.29) is 6.10 Å². The number of ether oxygens (including phenoxy) is 4. The number of halogens is 1. The first-order valence-corrected chi connectivity index (χ1v) is 8.67. The maximum Gasteiger partial charge on any atom is 0.179 e. The molecule has 2 aromatic rings. The molecule has 0 spiro atoms. The summed E-state index contributed by atoms with van der Waals surface area (Å²) in [5, 5.41) is 3.92. The van der Waals surface area contributed by atoms with Crippen molar-refractivity contribution in [2.75, 3.05) is 26.9 Å². The molecule has 25 heavy (non-hydrogen) atoms. The Morgan fingerprint density at radius 3 is 2.80 bits per heavy atom. The van der Waals surface area contributed by atoms with E-state index in [9.17, 15) is 0 Å². The van der Waals surface area contributed by atoms with E-state index >= 15 is 0 Å². The number of fused-ring (bicyclic) bond motifs is 1. The fourth-order valence-corrected chi connectivity index (χ4v) is 2.99. The quantitative estimate of drug-likeness (QED) is 0.813. The molecule has 1 atom stereocenters. The van der Waals surface area contributed by atoms with E-state index < -0.39 is 0 Å². The minimum atomic E-state index is -0.0324. The zero-order chi connectivity index (χ0) is 17.6. The largest absolute Gasteiger partial charge is 0.493 e. The molecule has 2 aromatic carbocycles. The van der Waals surface area contributed by atoms with Crippen LogP contribution in [0.5, 0.6) is 23.0 Å². The minimum absolute atomic E-state index is 0.0324. The Bertz CT molecular complexity index is 723. The van der Waals surface area contributed by atoms with Gasteiger partial charge in [0.25, 0.3) is 0 Å². The van der Waals surface area contributed by atoms with Gasteiger partial charge in [-0.15, -0.1) is 0 Å². The molecule has 0 bridgehead atoms. The van der Waals surface area contributed by atoms with Gasteiger partial charge in [0.05, 0.1) is 18.7 Å². The van der Waals surface area contributed by atoms with Crippen LogP contribution >= 0.6 is 11.6 Å². The summed E-state index contributed by atoms with van der Waals surface area (Å²) in [6, 6.07) is 11.5. The van der Waals surface area contributed by atoms with E-state index in [2.05, 4.69) is 5.32 Å². The van der Waals surface area contributed by atoms with Crippen LogP contribution in [0.2, 0.25) is 5.02 Å². The maximum atomic E-state index is 6.30. The summed E-state index contributed by atoms with van der Waals surface area (Å²) in [6.45, 7) is 4.28. The van der Waals surface area contributed by atoms with Crippen molar-refractivity contribution in [2.45, 2.75) is 19.6 Å². The molecule has 1 N–H and O–H groups in total. The molecular weight excluding hydrogens is 342 g/mol. The van der Waals surface area contributed by atoms with Crippen molar-refractivity contribution in [3.8, 4) is 23.0 Å². The highest BCUT2D eigenvalue weighted by atomic mass is 35.5. The molecule has 0 unspecified atom stereocenters. The zero-order valence-electron chi connectivity index (χ0n) is 14.4. The van der Waals surface area contributed by atoms with Gasteiger partial charge in [-0.1, -0.05) is 23.7 Å². The van der Waals surface area contributed by atoms with Gasteiger partial charge in [0, 0.05) is 13.1 Å². The lowest BCUT2D eigenvalue weighted by atomic mass is 10.2. The number of hydrogen-bond donors (Lipinski definition) is 1. The molecule has 5 nitrogen and oxygen atoms in total. The second-order valence-corrected chi connectivity index (χ2v) is 6.08. The van der Waals surface area contributed by atoms with Gasteiger partial charge in [0.2, 0.25) is 0 Å². The van der Waals surface area contributed by atoms with Gasteiger partial charge in [-0.3, -0.25) is 0 Å². The van der Waals surface area contributed by atoms with Crippen LogP contribution in [-0.2, 0) is 6.54 Å². The Morgan fingerprint density at radius 2 is 2.04 bits per heavy atom. The monoisotopic (exact) mass is 363 g/mol. The second-order valence-electron chi connectivity index (χ2n) is 5.67. The molecule has 0 aromatic heterocycles. The molecule has 0 saturated carbocycles. The highest BCUT2D eigenvalue weighted by Crippen LogP contribution is 2.36. The van der Waals surface area contributed by atoms with Gasteiger partial charge in [-0.2, -0.15) is 0 Å². The summed E-state index contributed by atoms with van der Waals surface area (Å²) in [7, 11) is 1.61. The van der Waals surface area contributed by atoms with Crippen LogP contribution in [-0.4, -0.2) is 33.0 Å². The molecular formula is C19H22ClNO4. The van der Waals surface area contributed by atoms with Crippen molar-refractivity contribution in [3.63, 3.8) is 0 Å². The average molecular weight is 364 g/mol. The van der Waals surface area contributed by atoms with E-state index in [0.29, 0.717) is 42.8 Å². The summed E-state index contributed by atoms with van der Waals surface area (Å²) in [4.78, 5) is 0. The Labute approximate surface area is 152 Å². The van der Waals surface area contributed by atoms with Crippen LogP contribution in [0.3, 0.4) is 0 Å². The first-order valence-electron chi connectivity index (χ1n) is 8.29. The van der Waals surface area contributed by atoms with E-state index in [4.69, 9.17) is 30.5 Å². The number of benzene rings is 2. The van der Waals surface area contributed by atoms with Crippen molar-refractivity contribution >= 4 is 11.6 Å². The highest BCUT2D eigenvalue weighted by Gasteiger charge is 2.20. The minimum Gasteiger partial charge on any atom is -0.493 e. The number of rotatable bonds is 7. The van der Waals surface area contributed by atoms with E-state index in [1.54, 1.807) is 7.11 Å². The van der Waals surface area contributed by atoms with Crippen LogP contribution in [0.1, 0.15) is 12.5 Å². The third-order valence-electron chi connectivity index (χ3n) is 3.85. The molecule has 3 rings (SSSR count). The molecule has 1 aliphatic rings. The topological polar surface area (TPSA) is 49.0 Å². The van der Waals surface area contributed by atoms with E-state index in [1.807, 2.05) is 43.3 Å². The van der Waals surface area contributed by atoms with Crippen molar-refractivity contribution < 1.29 is 18.9 Å². The molecule has 134 valence electrons. The van der Waals surface area contributed by atoms with E-state index in [1.165, 1.54) is 0 Å². The van der Waals surface area contributed by atoms with Crippen molar-refractivity contribution in [3.05, 3.63) is 47.0 Å². The first-order chi connectivity index (χ1) is 12.2. The number of nitrogens with one attached hydrogen (secondary N) is 1. The van der Waals surface area contributed by atoms with Crippen LogP contribution in [0.25, 0.3) is 0 Å². The molecule has 0 aliphatic carbocycles. The van der Waals surface area contributed by atoms with Gasteiger partial charge in [0.1, 0.15) is 12.7 Å². The lowest BCUT2D eigenvalue weighted by Crippen LogP contribution is -2.38. The third kappa shape index (κ3) is 4.30. The Morgan fingerprint density at radius 1 is 1.24 bits per heavy atom. The number of hydrogen-bond acceptors (Lipinski definition) is 5. The third-order valence-corrected chi connectivity index (χ3v) is 4.13. The van der Waals surface area contributed by atoms with E-state index in [0.717, 1.165) is 17.1 Å². The predicted octanol–water partition coefficient (Wildman–Crippen LogP) is 3.68. The molecule has 6 heteroatoms. The fourth-order valence-electron chi connectivity index (χ4n) is 2.70. The summed E-state index contributed by atoms with van der Waals surface area (Å²) in [5.41, 5.74) is 1.02. The van der Waals surface area contributed by atoms with Crippen molar-refractivity contribution in [1.82, 2.24) is 5.32 Å². The molecule has 0 radical (unpaired) electrons. The van der Waals surface area contributed by atoms with Gasteiger partial charge < -0.3 is 24.3 Å². The normalized spacial score (nSPS) is 15.7. The SMILES string of the molecule is CCOc1c(Cl)cc(CNC[C@H]2COc3ccccc3O2)cc1OC. The van der Waals surface area contributed by atoms with Crippen molar-refractivity contribution in [1.29, 1.82) is 0 Å². The van der Waals surface area contributed by atoms with Crippen LogP contribution in [0.15, 0.2) is 36.4 Å². The Balaban J connectivity index is 1.57. The lowest BCUT2D eigenvalue weighted by Gasteiger charge is -2.26. The van der Waals surface area contributed by atoms with Gasteiger partial charge in [0.15, 0.2) is 23.0 Å². The fraction of sp³-hybridized carbons (Fsp3) is 0.368. The van der Waals surface area contributed by atoms with Crippen LogP contribution in [0.4, 0.5) is 0 Å². The molecule has 0 fully saturated rings. The smallest absolute Gasteiger partial charge is 0.179 e. The molecule has 1 aliphatic heterocycles. The lowest BCUT2D eigenvalue weighted by molar-refractivity contribution is 0.0902. The predicted molar refractivity (Wildman–Crippen MR) is 97.2 cm³/mol. The van der Waals surface area contributed by atoms with Gasteiger partial charge in [-0.05, 0) is 36.8 Å². The second kappa shape index (κ2) is 8.32. The van der Waals surface area contributed by atoms with Crippen LogP contribution < -0.4 is 24.3 Å².